The Bertz CT molecular complexity index is 359. The number of nitrogens with zero attached hydrogens (tertiary/aromatic N) is 3. The van der Waals surface area contributed by atoms with Gasteiger partial charge in [-0.3, -0.25) is 0 Å². The second-order valence-corrected chi connectivity index (χ2v) is 4.52. The summed E-state index contributed by atoms with van der Waals surface area (Å²) >= 11 is 0. The number of rotatable bonds is 0. The summed E-state index contributed by atoms with van der Waals surface area (Å²) in [6.45, 7) is -0.372. The highest BCUT2D eigenvalue weighted by molar-refractivity contribution is 5.21. The lowest BCUT2D eigenvalue weighted by atomic mass is 9.82. The average Bonchev–Trinajstić information content (AvgIpc) is 2.53. The van der Waals surface area contributed by atoms with Crippen molar-refractivity contribution in [3.8, 4) is 0 Å². The van der Waals surface area contributed by atoms with Gasteiger partial charge in [-0.25, -0.2) is 0 Å². The van der Waals surface area contributed by atoms with Crippen molar-refractivity contribution in [2.75, 3.05) is 0 Å². The lowest BCUT2D eigenvalue weighted by molar-refractivity contribution is -0.437. The summed E-state index contributed by atoms with van der Waals surface area (Å²) in [5, 5.41) is 0. The molecular weight excluding hydrogens is 174 g/mol. The van der Waals surface area contributed by atoms with Gasteiger partial charge in [-0.15, -0.1) is 0 Å². The normalized spacial score (nSPS) is 67.8. The fourth-order valence-electron chi connectivity index (χ4n) is 3.90. The van der Waals surface area contributed by atoms with Gasteiger partial charge in [-0.05, 0) is 0 Å². The molecule has 6 heteroatoms. The van der Waals surface area contributed by atoms with Crippen LogP contribution in [0.1, 0.15) is 18.1 Å². The summed E-state index contributed by atoms with van der Waals surface area (Å²) in [7, 11) is 0. The molecule has 1 aromatic heterocycles. The first-order chi connectivity index (χ1) is 6.45. The molecule has 13 heavy (non-hydrogen) atoms. The van der Waals surface area contributed by atoms with Crippen LogP contribution < -0.4 is 0 Å². The maximum atomic E-state index is 5.67. The summed E-state index contributed by atoms with van der Waals surface area (Å²) < 4.78 is 17.0. The number of ether oxygens (including phenoxy) is 3. The molecule has 6 aliphatic heterocycles. The highest BCUT2D eigenvalue weighted by atomic mass is 16.9. The van der Waals surface area contributed by atoms with Crippen LogP contribution in [0.2, 0.25) is 0 Å². The summed E-state index contributed by atoms with van der Waals surface area (Å²) in [6, 6.07) is 1.35. The van der Waals surface area contributed by atoms with Crippen molar-refractivity contribution >= 4 is 0 Å². The Morgan fingerprint density at radius 3 is 1.38 bits per heavy atom. The molecule has 0 N–H and O–H groups in total. The molecule has 6 aliphatic rings. The predicted octanol–water partition coefficient (Wildman–Crippen LogP) is -0.778. The molecule has 0 atom stereocenters. The second kappa shape index (κ2) is 1.14. The third-order valence-electron chi connectivity index (χ3n) is 4.22. The smallest absolute Gasteiger partial charge is 0.272 e. The molecule has 7 heterocycles. The van der Waals surface area contributed by atoms with Gasteiger partial charge in [0.15, 0.2) is 0 Å². The standard InChI is InChI=1S/C7H7N3O3/c11-4-1-5-3-6(13-7(11)12-5)2(4)9-8(1)10(3)9/h1-7H. The van der Waals surface area contributed by atoms with Gasteiger partial charge in [-0.1, -0.05) is 0 Å². The van der Waals surface area contributed by atoms with E-state index in [1.807, 2.05) is 0 Å². The number of hydrogen-bond donors (Lipinski definition) is 0. The van der Waals surface area contributed by atoms with E-state index < -0.39 is 0 Å². The van der Waals surface area contributed by atoms with Gasteiger partial charge in [0.05, 0.1) is 0 Å². The van der Waals surface area contributed by atoms with E-state index in [4.69, 9.17) is 14.2 Å². The van der Waals surface area contributed by atoms with Gasteiger partial charge < -0.3 is 14.2 Å². The Labute approximate surface area is 72.5 Å². The minimum Gasteiger partial charge on any atom is -0.322 e. The first-order valence-electron chi connectivity index (χ1n) is 4.79. The quantitative estimate of drug-likeness (QED) is 0.527. The predicted molar refractivity (Wildman–Crippen MR) is 35.9 cm³/mol. The van der Waals surface area contributed by atoms with Crippen LogP contribution in [-0.2, 0) is 14.2 Å². The van der Waals surface area contributed by atoms with E-state index in [0.717, 1.165) is 0 Å². The minimum absolute atomic E-state index is 0.331. The SMILES string of the molecule is O1C2OC3C4C1C1C(O2)C3n2n4n21. The lowest BCUT2D eigenvalue weighted by Crippen LogP contribution is -2.60. The molecule has 0 amide bonds. The van der Waals surface area contributed by atoms with Crippen LogP contribution in [0.15, 0.2) is 0 Å². The van der Waals surface area contributed by atoms with E-state index in [1.165, 1.54) is 0 Å². The Kier molecular flexibility index (Phi) is 0.460. The Morgan fingerprint density at radius 1 is 0.615 bits per heavy atom. The van der Waals surface area contributed by atoms with Gasteiger partial charge in [0.25, 0.3) is 6.48 Å². The van der Waals surface area contributed by atoms with Crippen molar-refractivity contribution < 1.29 is 14.2 Å². The minimum atomic E-state index is -0.372. The van der Waals surface area contributed by atoms with E-state index in [0.29, 0.717) is 36.4 Å². The molecule has 4 bridgehead atoms. The molecule has 0 aromatic carbocycles. The van der Waals surface area contributed by atoms with E-state index in [-0.39, 0.29) is 6.48 Å². The van der Waals surface area contributed by atoms with Crippen LogP contribution in [-0.4, -0.2) is 39.2 Å². The molecule has 3 saturated heterocycles. The molecule has 0 radical (unpaired) electrons. The van der Waals surface area contributed by atoms with E-state index in [2.05, 4.69) is 14.4 Å². The highest BCUT2D eigenvalue weighted by Gasteiger charge is 2.78. The first kappa shape index (κ1) is 5.23. The monoisotopic (exact) mass is 181 g/mol. The molecule has 0 aliphatic carbocycles. The molecule has 0 spiro atoms. The van der Waals surface area contributed by atoms with Crippen LogP contribution in [0, 0.1) is 0 Å². The molecule has 0 saturated carbocycles. The molecule has 3 fully saturated rings. The molecule has 0 unspecified atom stereocenters. The summed E-state index contributed by atoms with van der Waals surface area (Å²) in [4.78, 5) is 6.85. The van der Waals surface area contributed by atoms with E-state index in [9.17, 15) is 0 Å². The van der Waals surface area contributed by atoms with Gasteiger partial charge in [-0.2, -0.15) is 14.4 Å². The third-order valence-corrected chi connectivity index (χ3v) is 4.22. The molecule has 6 nitrogen and oxygen atoms in total. The number of aromatic nitrogens is 3. The van der Waals surface area contributed by atoms with E-state index in [1.54, 1.807) is 0 Å². The Balaban J connectivity index is 1.78. The zero-order valence-electron chi connectivity index (χ0n) is 6.61. The second-order valence-electron chi connectivity index (χ2n) is 4.52. The first-order valence-corrected chi connectivity index (χ1v) is 4.79. The van der Waals surface area contributed by atoms with Crippen molar-refractivity contribution in [1.29, 1.82) is 0 Å². The third kappa shape index (κ3) is 0.296. The average molecular weight is 181 g/mol. The van der Waals surface area contributed by atoms with Gasteiger partial charge in [0.2, 0.25) is 0 Å². The fraction of sp³-hybridized carbons (Fsp3) is 1.00. The summed E-state index contributed by atoms with van der Waals surface area (Å²) in [5.41, 5.74) is 0. The zero-order valence-corrected chi connectivity index (χ0v) is 6.61. The molecule has 68 valence electrons. The van der Waals surface area contributed by atoms with Crippen molar-refractivity contribution in [2.45, 2.75) is 42.9 Å². The maximum absolute atomic E-state index is 5.67. The van der Waals surface area contributed by atoms with Crippen LogP contribution in [0.3, 0.4) is 0 Å². The van der Waals surface area contributed by atoms with Crippen LogP contribution in [0.25, 0.3) is 0 Å². The molecular formula is C7H7N3O3. The number of hydrogen-bond acceptors (Lipinski definition) is 3. The summed E-state index contributed by atoms with van der Waals surface area (Å²) in [6.07, 6.45) is 0.993. The topological polar surface area (TPSA) is 42.5 Å². The van der Waals surface area contributed by atoms with Crippen LogP contribution in [0.5, 0.6) is 0 Å². The van der Waals surface area contributed by atoms with Crippen molar-refractivity contribution in [3.63, 3.8) is 0 Å². The largest absolute Gasteiger partial charge is 0.322 e. The fourth-order valence-corrected chi connectivity index (χ4v) is 3.90. The van der Waals surface area contributed by atoms with Gasteiger partial charge >= 0.3 is 0 Å². The molecule has 1 aromatic rings. The van der Waals surface area contributed by atoms with Gasteiger partial charge in [0, 0.05) is 0 Å². The van der Waals surface area contributed by atoms with Crippen molar-refractivity contribution in [2.24, 2.45) is 0 Å². The Morgan fingerprint density at radius 2 is 1.00 bits per heavy atom. The Hall–Kier alpha value is -0.720. The van der Waals surface area contributed by atoms with Crippen LogP contribution in [0.4, 0.5) is 0 Å². The van der Waals surface area contributed by atoms with E-state index >= 15 is 0 Å². The van der Waals surface area contributed by atoms with Crippen molar-refractivity contribution in [1.82, 2.24) is 14.4 Å². The highest BCUT2D eigenvalue weighted by Crippen LogP contribution is 2.65. The lowest BCUT2D eigenvalue weighted by Gasteiger charge is -2.49. The maximum Gasteiger partial charge on any atom is 0.272 e. The van der Waals surface area contributed by atoms with Gasteiger partial charge in [0.1, 0.15) is 36.4 Å². The van der Waals surface area contributed by atoms with Crippen LogP contribution >= 0.6 is 0 Å². The van der Waals surface area contributed by atoms with Crippen molar-refractivity contribution in [3.05, 3.63) is 0 Å². The summed E-state index contributed by atoms with van der Waals surface area (Å²) in [5.74, 6) is 0. The zero-order chi connectivity index (χ0) is 7.89. The molecule has 7 rings (SSSR count).